The number of carbonyl (C=O) groups excluding carboxylic acids is 1. The molecule has 36 heavy (non-hydrogen) atoms. The Morgan fingerprint density at radius 1 is 1.00 bits per heavy atom. The summed E-state index contributed by atoms with van der Waals surface area (Å²) in [5, 5.41) is 2.92. The van der Waals surface area contributed by atoms with Crippen LogP contribution in [-0.4, -0.2) is 49.8 Å². The fourth-order valence-electron chi connectivity index (χ4n) is 4.08. The van der Waals surface area contributed by atoms with Crippen molar-refractivity contribution in [3.8, 4) is 17.2 Å². The number of imidazole rings is 1. The third kappa shape index (κ3) is 5.95. The molecule has 0 aliphatic carbocycles. The summed E-state index contributed by atoms with van der Waals surface area (Å²) in [6.07, 6.45) is 3.94. The van der Waals surface area contributed by atoms with Gasteiger partial charge in [0.25, 0.3) is 0 Å². The number of hydrogen-bond acceptors (Lipinski definition) is 6. The van der Waals surface area contributed by atoms with Crippen molar-refractivity contribution in [2.75, 3.05) is 34.5 Å². The third-order valence-electron chi connectivity index (χ3n) is 5.92. The number of pyridine rings is 1. The van der Waals surface area contributed by atoms with Gasteiger partial charge in [0.2, 0.25) is 5.91 Å². The van der Waals surface area contributed by atoms with Gasteiger partial charge >= 0.3 is 0 Å². The van der Waals surface area contributed by atoms with E-state index in [2.05, 4.69) is 10.3 Å². The summed E-state index contributed by atoms with van der Waals surface area (Å²) in [4.78, 5) is 17.6. The fraction of sp³-hybridized carbons (Fsp3) is 0.286. The van der Waals surface area contributed by atoms with Crippen LogP contribution in [0.3, 0.4) is 0 Å². The van der Waals surface area contributed by atoms with Crippen LogP contribution in [0.1, 0.15) is 29.2 Å². The van der Waals surface area contributed by atoms with Crippen molar-refractivity contribution in [2.45, 2.75) is 18.9 Å². The second-order valence-electron chi connectivity index (χ2n) is 8.27. The number of rotatable bonds is 12. The maximum absolute atomic E-state index is 12.9. The van der Waals surface area contributed by atoms with E-state index in [0.717, 1.165) is 16.8 Å². The van der Waals surface area contributed by atoms with Crippen LogP contribution in [0.4, 0.5) is 0 Å². The highest BCUT2D eigenvalue weighted by Crippen LogP contribution is 2.35. The molecule has 0 spiro atoms. The van der Waals surface area contributed by atoms with E-state index < -0.39 is 0 Å². The van der Waals surface area contributed by atoms with E-state index in [1.54, 1.807) is 27.5 Å². The molecule has 1 amide bonds. The molecule has 4 rings (SSSR count). The van der Waals surface area contributed by atoms with Crippen molar-refractivity contribution >= 4 is 11.6 Å². The summed E-state index contributed by atoms with van der Waals surface area (Å²) in [5.74, 6) is 1.56. The summed E-state index contributed by atoms with van der Waals surface area (Å²) in [5.41, 5.74) is 3.49. The van der Waals surface area contributed by atoms with Crippen LogP contribution in [0.5, 0.6) is 17.2 Å². The van der Waals surface area contributed by atoms with Gasteiger partial charge in [0, 0.05) is 44.5 Å². The Morgan fingerprint density at radius 2 is 1.75 bits per heavy atom. The second-order valence-corrected chi connectivity index (χ2v) is 8.27. The average Bonchev–Trinajstić information content (AvgIpc) is 3.35. The van der Waals surface area contributed by atoms with Gasteiger partial charge < -0.3 is 28.7 Å². The van der Waals surface area contributed by atoms with Crippen LogP contribution in [0.15, 0.2) is 73.1 Å². The van der Waals surface area contributed by atoms with Crippen LogP contribution >= 0.6 is 0 Å². The van der Waals surface area contributed by atoms with Crippen LogP contribution in [-0.2, 0) is 16.1 Å². The van der Waals surface area contributed by atoms with Crippen molar-refractivity contribution in [3.05, 3.63) is 89.9 Å². The maximum atomic E-state index is 12.9. The van der Waals surface area contributed by atoms with Gasteiger partial charge in [-0.25, -0.2) is 4.98 Å². The lowest BCUT2D eigenvalue weighted by molar-refractivity contribution is -0.121. The first-order chi connectivity index (χ1) is 17.6. The SMILES string of the molecule is COCCNC(=O)CC(c1cc(OC)cc(OC)c1)c1cnc2c(OCc3ccccc3)cccn12. The molecular formula is C28H31N3O5. The molecule has 1 unspecified atom stereocenters. The van der Waals surface area contributed by atoms with Crippen molar-refractivity contribution in [1.29, 1.82) is 0 Å². The van der Waals surface area contributed by atoms with E-state index in [0.29, 0.717) is 42.7 Å². The molecule has 188 valence electrons. The standard InChI is InChI=1S/C28H31N3O5/c1-33-13-11-29-27(32)17-24(21-14-22(34-2)16-23(15-21)35-3)25-18-30-28-26(10-7-12-31(25)28)36-19-20-8-5-4-6-9-20/h4-10,12,14-16,18,24H,11,13,17,19H2,1-3H3,(H,29,32). The highest BCUT2D eigenvalue weighted by molar-refractivity contribution is 5.77. The lowest BCUT2D eigenvalue weighted by Crippen LogP contribution is -2.28. The zero-order chi connectivity index (χ0) is 25.3. The summed E-state index contributed by atoms with van der Waals surface area (Å²) in [6.45, 7) is 1.32. The van der Waals surface area contributed by atoms with E-state index >= 15 is 0 Å². The fourth-order valence-corrected chi connectivity index (χ4v) is 4.08. The van der Waals surface area contributed by atoms with Crippen molar-refractivity contribution in [2.24, 2.45) is 0 Å². The minimum Gasteiger partial charge on any atom is -0.497 e. The maximum Gasteiger partial charge on any atom is 0.221 e. The van der Waals surface area contributed by atoms with Crippen LogP contribution in [0.25, 0.3) is 5.65 Å². The molecule has 0 aliphatic heterocycles. The van der Waals surface area contributed by atoms with Gasteiger partial charge in [-0.15, -0.1) is 0 Å². The summed E-state index contributed by atoms with van der Waals surface area (Å²) in [6, 6.07) is 19.5. The zero-order valence-electron chi connectivity index (χ0n) is 20.8. The molecule has 4 aromatic rings. The number of ether oxygens (including phenoxy) is 4. The third-order valence-corrected chi connectivity index (χ3v) is 5.92. The molecule has 0 saturated carbocycles. The van der Waals surface area contributed by atoms with Gasteiger partial charge in [0.05, 0.1) is 26.5 Å². The van der Waals surface area contributed by atoms with Gasteiger partial charge in [-0.3, -0.25) is 4.79 Å². The van der Waals surface area contributed by atoms with Crippen molar-refractivity contribution in [3.63, 3.8) is 0 Å². The van der Waals surface area contributed by atoms with Gasteiger partial charge in [-0.1, -0.05) is 30.3 Å². The molecule has 1 N–H and O–H groups in total. The second kappa shape index (κ2) is 12.1. The highest BCUT2D eigenvalue weighted by Gasteiger charge is 2.24. The Bertz CT molecular complexity index is 1270. The lowest BCUT2D eigenvalue weighted by Gasteiger charge is -2.19. The van der Waals surface area contributed by atoms with Crippen LogP contribution < -0.4 is 19.5 Å². The number of fused-ring (bicyclic) bond motifs is 1. The summed E-state index contributed by atoms with van der Waals surface area (Å²) >= 11 is 0. The first-order valence-electron chi connectivity index (χ1n) is 11.7. The molecule has 2 heterocycles. The molecule has 2 aromatic heterocycles. The van der Waals surface area contributed by atoms with E-state index in [9.17, 15) is 4.79 Å². The summed E-state index contributed by atoms with van der Waals surface area (Å²) in [7, 11) is 4.82. The molecule has 0 bridgehead atoms. The normalized spacial score (nSPS) is 11.8. The molecule has 8 nitrogen and oxygen atoms in total. The molecule has 0 saturated heterocycles. The molecule has 8 heteroatoms. The smallest absolute Gasteiger partial charge is 0.221 e. The molecule has 0 radical (unpaired) electrons. The highest BCUT2D eigenvalue weighted by atomic mass is 16.5. The topological polar surface area (TPSA) is 83.3 Å². The van der Waals surface area contributed by atoms with Gasteiger partial charge in [-0.2, -0.15) is 0 Å². The first kappa shape index (κ1) is 25.1. The Labute approximate surface area is 210 Å². The molecule has 1 atom stereocenters. The van der Waals surface area contributed by atoms with Gasteiger partial charge in [0.1, 0.15) is 18.1 Å². The average molecular weight is 490 g/mol. The summed E-state index contributed by atoms with van der Waals surface area (Å²) < 4.78 is 24.1. The molecular weight excluding hydrogens is 458 g/mol. The number of amides is 1. The minimum atomic E-state index is -0.309. The number of nitrogens with one attached hydrogen (secondary N) is 1. The van der Waals surface area contributed by atoms with E-state index in [1.165, 1.54) is 0 Å². The first-order valence-corrected chi connectivity index (χ1v) is 11.7. The minimum absolute atomic E-state index is 0.0923. The number of aromatic nitrogens is 2. The number of nitrogens with zero attached hydrogens (tertiary/aromatic N) is 2. The van der Waals surface area contributed by atoms with Gasteiger partial charge in [0.15, 0.2) is 11.4 Å². The van der Waals surface area contributed by atoms with E-state index in [1.807, 2.05) is 71.3 Å². The Hall–Kier alpha value is -4.04. The van der Waals surface area contributed by atoms with Crippen molar-refractivity contribution in [1.82, 2.24) is 14.7 Å². The number of carbonyl (C=O) groups is 1. The number of methoxy groups -OCH3 is 3. The lowest BCUT2D eigenvalue weighted by atomic mass is 9.91. The van der Waals surface area contributed by atoms with Crippen molar-refractivity contribution < 1.29 is 23.7 Å². The predicted octanol–water partition coefficient (Wildman–Crippen LogP) is 4.22. The van der Waals surface area contributed by atoms with E-state index in [4.69, 9.17) is 18.9 Å². The Morgan fingerprint density at radius 3 is 2.44 bits per heavy atom. The zero-order valence-corrected chi connectivity index (χ0v) is 20.8. The number of hydrogen-bond donors (Lipinski definition) is 1. The number of benzene rings is 2. The van der Waals surface area contributed by atoms with Crippen LogP contribution in [0, 0.1) is 0 Å². The quantitative estimate of drug-likeness (QED) is 0.300. The van der Waals surface area contributed by atoms with Crippen LogP contribution in [0.2, 0.25) is 0 Å². The monoisotopic (exact) mass is 489 g/mol. The predicted molar refractivity (Wildman–Crippen MR) is 137 cm³/mol. The molecule has 2 aromatic carbocycles. The molecule has 0 aliphatic rings. The van der Waals surface area contributed by atoms with E-state index in [-0.39, 0.29) is 18.2 Å². The Kier molecular flexibility index (Phi) is 8.41. The largest absolute Gasteiger partial charge is 0.497 e. The molecule has 0 fully saturated rings. The Balaban J connectivity index is 1.70. The van der Waals surface area contributed by atoms with Gasteiger partial charge in [-0.05, 0) is 35.4 Å².